The molecule has 6 nitrogen and oxygen atoms in total. The normalized spacial score (nSPS) is 12.7. The zero-order valence-electron chi connectivity index (χ0n) is 15.0. The third kappa shape index (κ3) is 5.43. The number of nitro benzene ring substituents is 1. The van der Waals surface area contributed by atoms with Gasteiger partial charge in [-0.2, -0.15) is 13.2 Å². The van der Waals surface area contributed by atoms with Crippen LogP contribution in [-0.4, -0.2) is 28.8 Å². The largest absolute Gasteiger partial charge is 0.416 e. The Kier molecular flexibility index (Phi) is 6.63. The maximum atomic E-state index is 12.6. The van der Waals surface area contributed by atoms with Gasteiger partial charge in [0.15, 0.2) is 0 Å². The van der Waals surface area contributed by atoms with E-state index in [2.05, 4.69) is 5.32 Å². The van der Waals surface area contributed by atoms with Crippen LogP contribution in [0, 0.1) is 10.1 Å². The molecule has 2 rings (SSSR count). The van der Waals surface area contributed by atoms with Crippen molar-refractivity contribution in [3.8, 4) is 0 Å². The molecule has 1 atom stereocenters. The molecule has 0 saturated heterocycles. The lowest BCUT2D eigenvalue weighted by atomic mass is 10.1. The Labute approximate surface area is 164 Å². The van der Waals surface area contributed by atoms with Crippen molar-refractivity contribution >= 4 is 28.9 Å². The molecule has 0 spiro atoms. The zero-order valence-corrected chi connectivity index (χ0v) is 15.7. The lowest BCUT2D eigenvalue weighted by Crippen LogP contribution is -2.39. The monoisotopic (exact) mass is 415 g/mol. The predicted octanol–water partition coefficient (Wildman–Crippen LogP) is 4.73. The predicted molar refractivity (Wildman–Crippen MR) is 99.1 cm³/mol. The number of alkyl halides is 3. The van der Waals surface area contributed by atoms with Gasteiger partial charge in [-0.1, -0.05) is 23.7 Å². The zero-order chi connectivity index (χ0) is 21.1. The molecule has 0 heterocycles. The standard InChI is InChI=1S/C18H17ClF3N3O3/c1-11(17(26)23-16-9-14(25(27)28)7-8-15(16)19)24(2)10-12-3-5-13(6-4-12)18(20,21)22/h3-9,11H,10H2,1-2H3,(H,23,26)/t11-/m0/s1. The molecule has 2 aromatic rings. The number of halogens is 4. The van der Waals surface area contributed by atoms with Crippen LogP contribution in [0.25, 0.3) is 0 Å². The summed E-state index contributed by atoms with van der Waals surface area (Å²) in [5, 5.41) is 13.5. The minimum absolute atomic E-state index is 0.107. The van der Waals surface area contributed by atoms with Crippen LogP contribution < -0.4 is 5.32 Å². The first-order valence-corrected chi connectivity index (χ1v) is 8.48. The maximum absolute atomic E-state index is 12.6. The molecule has 0 aliphatic carbocycles. The third-order valence-electron chi connectivity index (χ3n) is 4.17. The van der Waals surface area contributed by atoms with Crippen molar-refractivity contribution in [3.05, 3.63) is 68.7 Å². The molecule has 10 heteroatoms. The van der Waals surface area contributed by atoms with Crippen LogP contribution in [0.4, 0.5) is 24.5 Å². The number of benzene rings is 2. The van der Waals surface area contributed by atoms with Gasteiger partial charge >= 0.3 is 6.18 Å². The molecule has 28 heavy (non-hydrogen) atoms. The molecule has 0 aliphatic heterocycles. The number of amides is 1. The summed E-state index contributed by atoms with van der Waals surface area (Å²) in [5.41, 5.74) is -0.255. The lowest BCUT2D eigenvalue weighted by molar-refractivity contribution is -0.384. The van der Waals surface area contributed by atoms with Crippen LogP contribution in [-0.2, 0) is 17.5 Å². The highest BCUT2D eigenvalue weighted by Crippen LogP contribution is 2.29. The van der Waals surface area contributed by atoms with Gasteiger partial charge < -0.3 is 5.32 Å². The van der Waals surface area contributed by atoms with Gasteiger partial charge in [0.1, 0.15) is 0 Å². The van der Waals surface area contributed by atoms with Crippen molar-refractivity contribution in [3.63, 3.8) is 0 Å². The number of carbonyl (C=O) groups excluding carboxylic acids is 1. The Hall–Kier alpha value is -2.65. The van der Waals surface area contributed by atoms with E-state index in [0.29, 0.717) is 5.56 Å². The maximum Gasteiger partial charge on any atom is 0.416 e. The molecule has 0 unspecified atom stereocenters. The molecule has 2 aromatic carbocycles. The van der Waals surface area contributed by atoms with Crippen molar-refractivity contribution in [1.29, 1.82) is 0 Å². The molecule has 0 saturated carbocycles. The molecular formula is C18H17ClF3N3O3. The molecule has 0 aliphatic rings. The summed E-state index contributed by atoms with van der Waals surface area (Å²) in [4.78, 5) is 24.3. The van der Waals surface area contributed by atoms with Crippen molar-refractivity contribution in [2.45, 2.75) is 25.7 Å². The van der Waals surface area contributed by atoms with Gasteiger partial charge in [0.05, 0.1) is 27.2 Å². The van der Waals surface area contributed by atoms with Crippen LogP contribution in [0.2, 0.25) is 5.02 Å². The first-order valence-electron chi connectivity index (χ1n) is 8.10. The number of nitrogens with zero attached hydrogens (tertiary/aromatic N) is 2. The topological polar surface area (TPSA) is 75.5 Å². The molecule has 0 bridgehead atoms. The summed E-state index contributed by atoms with van der Waals surface area (Å²) >= 11 is 5.97. The fourth-order valence-electron chi connectivity index (χ4n) is 2.38. The van der Waals surface area contributed by atoms with E-state index in [1.807, 2.05) is 0 Å². The van der Waals surface area contributed by atoms with Crippen LogP contribution in [0.15, 0.2) is 42.5 Å². The summed E-state index contributed by atoms with van der Waals surface area (Å²) in [7, 11) is 1.64. The van der Waals surface area contributed by atoms with Crippen molar-refractivity contribution in [1.82, 2.24) is 4.90 Å². The number of likely N-dealkylation sites (N-methyl/N-ethyl adjacent to an activating group) is 1. The summed E-state index contributed by atoms with van der Waals surface area (Å²) in [6.07, 6.45) is -4.41. The Bertz CT molecular complexity index is 873. The minimum Gasteiger partial charge on any atom is -0.323 e. The molecule has 0 fully saturated rings. The van der Waals surface area contributed by atoms with E-state index < -0.39 is 28.6 Å². The highest BCUT2D eigenvalue weighted by atomic mass is 35.5. The molecule has 150 valence electrons. The molecule has 1 amide bonds. The number of non-ortho nitro benzene ring substituents is 1. The number of rotatable bonds is 6. The highest BCUT2D eigenvalue weighted by Gasteiger charge is 2.30. The Morgan fingerprint density at radius 3 is 2.39 bits per heavy atom. The second-order valence-electron chi connectivity index (χ2n) is 6.20. The van der Waals surface area contributed by atoms with Gasteiger partial charge in [-0.15, -0.1) is 0 Å². The van der Waals surface area contributed by atoms with E-state index in [4.69, 9.17) is 11.6 Å². The molecule has 0 radical (unpaired) electrons. The number of nitro groups is 1. The fraction of sp³-hybridized carbons (Fsp3) is 0.278. The van der Waals surface area contributed by atoms with Crippen LogP contribution in [0.5, 0.6) is 0 Å². The lowest BCUT2D eigenvalue weighted by Gasteiger charge is -2.24. The number of nitrogens with one attached hydrogen (secondary N) is 1. The number of hydrogen-bond donors (Lipinski definition) is 1. The van der Waals surface area contributed by atoms with Crippen molar-refractivity contribution in [2.24, 2.45) is 0 Å². The molecule has 1 N–H and O–H groups in total. The van der Waals surface area contributed by atoms with E-state index in [0.717, 1.165) is 18.2 Å². The van der Waals surface area contributed by atoms with Gasteiger partial charge in [0.2, 0.25) is 5.91 Å². The van der Waals surface area contributed by atoms with Crippen LogP contribution >= 0.6 is 11.6 Å². The van der Waals surface area contributed by atoms with Crippen molar-refractivity contribution < 1.29 is 22.9 Å². The number of hydrogen-bond acceptors (Lipinski definition) is 4. The second kappa shape index (κ2) is 8.57. The first kappa shape index (κ1) is 21.6. The van der Waals surface area contributed by atoms with Crippen molar-refractivity contribution in [2.75, 3.05) is 12.4 Å². The number of anilines is 1. The smallest absolute Gasteiger partial charge is 0.323 e. The summed E-state index contributed by atoms with van der Waals surface area (Å²) in [6, 6.07) is 7.68. The minimum atomic E-state index is -4.41. The summed E-state index contributed by atoms with van der Waals surface area (Å²) in [5.74, 6) is -0.461. The van der Waals surface area contributed by atoms with E-state index in [9.17, 15) is 28.1 Å². The van der Waals surface area contributed by atoms with Gasteiger partial charge in [-0.25, -0.2) is 0 Å². The van der Waals surface area contributed by atoms with Gasteiger partial charge in [-0.05, 0) is 37.7 Å². The SMILES string of the molecule is C[C@@H](C(=O)Nc1cc([N+](=O)[O-])ccc1Cl)N(C)Cc1ccc(C(F)(F)F)cc1. The summed E-state index contributed by atoms with van der Waals surface area (Å²) < 4.78 is 37.9. The van der Waals surface area contributed by atoms with Gasteiger partial charge in [0.25, 0.3) is 5.69 Å². The third-order valence-corrected chi connectivity index (χ3v) is 4.50. The first-order chi connectivity index (χ1) is 13.0. The second-order valence-corrected chi connectivity index (χ2v) is 6.60. The average Bonchev–Trinajstić information content (AvgIpc) is 2.62. The van der Waals surface area contributed by atoms with Gasteiger partial charge in [-0.3, -0.25) is 19.8 Å². The van der Waals surface area contributed by atoms with E-state index in [1.165, 1.54) is 24.3 Å². The fourth-order valence-corrected chi connectivity index (χ4v) is 2.55. The van der Waals surface area contributed by atoms with Gasteiger partial charge in [0, 0.05) is 18.7 Å². The average molecular weight is 416 g/mol. The molecule has 0 aromatic heterocycles. The summed E-state index contributed by atoms with van der Waals surface area (Å²) in [6.45, 7) is 1.83. The number of carbonyl (C=O) groups is 1. The van der Waals surface area contributed by atoms with E-state index >= 15 is 0 Å². The quantitative estimate of drug-likeness (QED) is 0.547. The van der Waals surface area contributed by atoms with E-state index in [-0.39, 0.29) is 22.9 Å². The van der Waals surface area contributed by atoms with Crippen LogP contribution in [0.1, 0.15) is 18.1 Å². The Balaban J connectivity index is 2.04. The highest BCUT2D eigenvalue weighted by molar-refractivity contribution is 6.33. The molecular weight excluding hydrogens is 399 g/mol. The van der Waals surface area contributed by atoms with Crippen LogP contribution in [0.3, 0.4) is 0 Å². The Morgan fingerprint density at radius 2 is 1.86 bits per heavy atom. The van der Waals surface area contributed by atoms with E-state index in [1.54, 1.807) is 18.9 Å². The Morgan fingerprint density at radius 1 is 1.25 bits per heavy atom.